The molecule has 1 unspecified atom stereocenters. The van der Waals surface area contributed by atoms with Gasteiger partial charge in [-0.15, -0.1) is 4.98 Å². The molecule has 1 fully saturated rings. The number of nitriles is 1. The maximum absolute atomic E-state index is 12.8. The number of fused-ring (bicyclic) bond motifs is 1. The maximum atomic E-state index is 12.8. The topological polar surface area (TPSA) is 88.0 Å². The second-order valence-corrected chi connectivity index (χ2v) is 9.51. The molecule has 0 N–H and O–H groups in total. The van der Waals surface area contributed by atoms with Crippen LogP contribution in [0.4, 0.5) is 11.5 Å². The van der Waals surface area contributed by atoms with E-state index in [4.69, 9.17) is 16.0 Å². The van der Waals surface area contributed by atoms with Crippen LogP contribution in [0.3, 0.4) is 0 Å². The molecule has 0 aliphatic carbocycles. The summed E-state index contributed by atoms with van der Waals surface area (Å²) in [5, 5.41) is 9.49. The van der Waals surface area contributed by atoms with Gasteiger partial charge in [-0.2, -0.15) is 5.26 Å². The van der Waals surface area contributed by atoms with Crippen LogP contribution < -0.4 is 15.2 Å². The molecule has 1 aliphatic rings. The third-order valence-electron chi connectivity index (χ3n) is 7.16. The summed E-state index contributed by atoms with van der Waals surface area (Å²) in [6.45, 7) is 16.2. The highest BCUT2D eigenvalue weighted by atomic mass is 16.5. The van der Waals surface area contributed by atoms with E-state index < -0.39 is 0 Å². The van der Waals surface area contributed by atoms with Crippen LogP contribution in [0.15, 0.2) is 41.2 Å². The van der Waals surface area contributed by atoms with E-state index in [1.807, 2.05) is 18.2 Å². The highest BCUT2D eigenvalue weighted by molar-refractivity contribution is 5.89. The van der Waals surface area contributed by atoms with Crippen LogP contribution >= 0.6 is 0 Å². The number of methoxy groups -OCH3 is 1. The number of aromatic nitrogens is 2. The van der Waals surface area contributed by atoms with Crippen molar-refractivity contribution >= 4 is 22.5 Å². The molecule has 1 aliphatic heterocycles. The van der Waals surface area contributed by atoms with Crippen molar-refractivity contribution < 1.29 is 9.47 Å². The zero-order valence-electron chi connectivity index (χ0n) is 21.9. The summed E-state index contributed by atoms with van der Waals surface area (Å²) >= 11 is 0. The molecule has 2 aromatic heterocycles. The molecule has 0 spiro atoms. The number of pyridine rings is 2. The number of hydrogen-bond acceptors (Lipinski definition) is 7. The van der Waals surface area contributed by atoms with Crippen molar-refractivity contribution in [2.45, 2.75) is 38.9 Å². The van der Waals surface area contributed by atoms with Gasteiger partial charge in [0.05, 0.1) is 23.4 Å². The van der Waals surface area contributed by atoms with Gasteiger partial charge in [0.15, 0.2) is 0 Å². The van der Waals surface area contributed by atoms with E-state index >= 15 is 0 Å². The van der Waals surface area contributed by atoms with E-state index in [-0.39, 0.29) is 23.7 Å². The number of rotatable bonds is 7. The second-order valence-electron chi connectivity index (χ2n) is 9.51. The minimum absolute atomic E-state index is 0.0874. The largest absolute Gasteiger partial charge is 0.490 e. The Bertz CT molecular complexity index is 1440. The summed E-state index contributed by atoms with van der Waals surface area (Å²) in [6, 6.07) is 13.4. The van der Waals surface area contributed by atoms with E-state index in [1.54, 1.807) is 36.9 Å². The van der Waals surface area contributed by atoms with Crippen LogP contribution in [0.2, 0.25) is 0 Å². The van der Waals surface area contributed by atoms with Crippen LogP contribution in [0.5, 0.6) is 5.75 Å². The molecule has 37 heavy (non-hydrogen) atoms. The summed E-state index contributed by atoms with van der Waals surface area (Å²) in [5.74, 6) is 0.876. The summed E-state index contributed by atoms with van der Waals surface area (Å²) < 4.78 is 12.5. The molecule has 0 bridgehead atoms. The van der Waals surface area contributed by atoms with Gasteiger partial charge in [-0.05, 0) is 50.6 Å². The highest BCUT2D eigenvalue weighted by Gasteiger charge is 2.34. The molecule has 3 heterocycles. The summed E-state index contributed by atoms with van der Waals surface area (Å²) in [6.07, 6.45) is 0. The molecule has 4 rings (SSSR count). The number of aryl methyl sites for hydroxylation is 1. The minimum Gasteiger partial charge on any atom is -0.490 e. The van der Waals surface area contributed by atoms with Gasteiger partial charge in [0.1, 0.15) is 18.4 Å². The monoisotopic (exact) mass is 500 g/mol. The Morgan fingerprint density at radius 1 is 1.19 bits per heavy atom. The van der Waals surface area contributed by atoms with Gasteiger partial charge in [0.2, 0.25) is 5.52 Å². The lowest BCUT2D eigenvalue weighted by Gasteiger charge is -2.47. The third kappa shape index (κ3) is 5.15. The van der Waals surface area contributed by atoms with Crippen molar-refractivity contribution in [1.29, 1.82) is 5.26 Å². The highest BCUT2D eigenvalue weighted by Crippen LogP contribution is 2.34. The van der Waals surface area contributed by atoms with E-state index in [0.29, 0.717) is 47.9 Å². The van der Waals surface area contributed by atoms with E-state index in [1.165, 1.54) is 0 Å². The molecular weight excluding hydrogens is 468 g/mol. The van der Waals surface area contributed by atoms with Crippen LogP contribution in [0.1, 0.15) is 37.9 Å². The Morgan fingerprint density at radius 3 is 2.68 bits per heavy atom. The zero-order valence-corrected chi connectivity index (χ0v) is 21.9. The first kappa shape index (κ1) is 26.2. The van der Waals surface area contributed by atoms with Gasteiger partial charge in [0.25, 0.3) is 11.4 Å². The molecule has 192 valence electrons. The molecule has 0 saturated carbocycles. The molecule has 3 atom stereocenters. The van der Waals surface area contributed by atoms with Crippen molar-refractivity contribution in [3.05, 3.63) is 69.3 Å². The number of hydrogen-bond donors (Lipinski definition) is 0. The molecule has 0 radical (unpaired) electrons. The van der Waals surface area contributed by atoms with Gasteiger partial charge >= 0.3 is 0 Å². The number of ether oxygens (including phenoxy) is 2. The van der Waals surface area contributed by atoms with Crippen LogP contribution in [-0.2, 0) is 11.8 Å². The first-order valence-corrected chi connectivity index (χ1v) is 12.4. The number of anilines is 1. The first-order chi connectivity index (χ1) is 17.8. The normalized spacial score (nSPS) is 18.8. The van der Waals surface area contributed by atoms with Gasteiger partial charge in [-0.25, -0.2) is 0 Å². The van der Waals surface area contributed by atoms with Crippen molar-refractivity contribution in [2.75, 3.05) is 38.3 Å². The van der Waals surface area contributed by atoms with Crippen LogP contribution in [0, 0.1) is 17.9 Å². The predicted octanol–water partition coefficient (Wildman–Crippen LogP) is 4.04. The van der Waals surface area contributed by atoms with Gasteiger partial charge < -0.3 is 23.8 Å². The SMILES string of the molecule is [C-]#[N+]c1ccc2c(n1)c(N1C[C@@H](C)N(C(C)c3ccc(C#N)c(OCCOC)c3)C[C@@H]1C)cc(=O)n2C. The van der Waals surface area contributed by atoms with E-state index in [9.17, 15) is 10.1 Å². The zero-order chi connectivity index (χ0) is 26.7. The smallest absolute Gasteiger partial charge is 0.270 e. The Labute approximate surface area is 217 Å². The molecular formula is C28H32N6O3. The minimum atomic E-state index is -0.103. The average molecular weight is 501 g/mol. The van der Waals surface area contributed by atoms with Crippen molar-refractivity contribution in [3.8, 4) is 11.8 Å². The van der Waals surface area contributed by atoms with Crippen molar-refractivity contribution in [1.82, 2.24) is 14.5 Å². The summed E-state index contributed by atoms with van der Waals surface area (Å²) in [4.78, 5) is 25.5. The lowest BCUT2D eigenvalue weighted by Crippen LogP contribution is -2.57. The van der Waals surface area contributed by atoms with Crippen molar-refractivity contribution in [2.24, 2.45) is 7.05 Å². The van der Waals surface area contributed by atoms with Gasteiger partial charge in [0, 0.05) is 51.4 Å². The Morgan fingerprint density at radius 2 is 1.97 bits per heavy atom. The second kappa shape index (κ2) is 11.0. The van der Waals surface area contributed by atoms with Gasteiger partial charge in [-0.1, -0.05) is 12.6 Å². The van der Waals surface area contributed by atoms with Crippen LogP contribution in [0.25, 0.3) is 15.9 Å². The summed E-state index contributed by atoms with van der Waals surface area (Å²) in [7, 11) is 3.34. The van der Waals surface area contributed by atoms with E-state index in [0.717, 1.165) is 17.8 Å². The maximum Gasteiger partial charge on any atom is 0.270 e. The number of piperazine rings is 1. The predicted molar refractivity (Wildman–Crippen MR) is 143 cm³/mol. The standard InChI is InChI=1S/C28H32N6O3/c1-18-17-34(24-14-27(35)32(5)23-9-10-26(30-4)31-28(23)24)19(2)16-33(18)20(3)21-7-8-22(15-29)25(13-21)37-12-11-36-6/h7-10,13-14,18-20H,11-12,16-17H2,1-3,5-6H3/t18-,19+,20?/m1/s1. The van der Waals surface area contributed by atoms with Crippen molar-refractivity contribution in [3.63, 3.8) is 0 Å². The average Bonchev–Trinajstić information content (AvgIpc) is 2.91. The molecule has 9 heteroatoms. The fraction of sp³-hybridized carbons (Fsp3) is 0.429. The molecule has 1 aromatic carbocycles. The molecule has 0 amide bonds. The first-order valence-electron chi connectivity index (χ1n) is 12.4. The number of benzene rings is 1. The quantitative estimate of drug-likeness (QED) is 0.357. The van der Waals surface area contributed by atoms with E-state index in [2.05, 4.69) is 46.5 Å². The molecule has 3 aromatic rings. The lowest BCUT2D eigenvalue weighted by atomic mass is 9.99. The lowest BCUT2D eigenvalue weighted by molar-refractivity contribution is 0.119. The number of nitrogens with zero attached hydrogens (tertiary/aromatic N) is 6. The Hall–Kier alpha value is -3.92. The fourth-order valence-electron chi connectivity index (χ4n) is 5.05. The Balaban J connectivity index is 1.62. The molecule has 9 nitrogen and oxygen atoms in total. The Kier molecular flexibility index (Phi) is 7.77. The van der Waals surface area contributed by atoms with Gasteiger partial charge in [-0.3, -0.25) is 9.69 Å². The molecule has 1 saturated heterocycles. The fourth-order valence-corrected chi connectivity index (χ4v) is 5.05. The summed E-state index contributed by atoms with van der Waals surface area (Å²) in [5.41, 5.74) is 3.62. The third-order valence-corrected chi connectivity index (χ3v) is 7.16. The van der Waals surface area contributed by atoms with Crippen LogP contribution in [-0.4, -0.2) is 59.9 Å².